The van der Waals surface area contributed by atoms with E-state index in [9.17, 15) is 8.42 Å². The van der Waals surface area contributed by atoms with Crippen LogP contribution in [0.4, 0.5) is 0 Å². The molecule has 7 nitrogen and oxygen atoms in total. The van der Waals surface area contributed by atoms with E-state index in [4.69, 9.17) is 9.15 Å². The zero-order valence-corrected chi connectivity index (χ0v) is 16.2. The molecule has 0 spiro atoms. The highest BCUT2D eigenvalue weighted by molar-refractivity contribution is 7.89. The molecule has 0 fully saturated rings. The van der Waals surface area contributed by atoms with Gasteiger partial charge in [-0.1, -0.05) is 26.0 Å². The van der Waals surface area contributed by atoms with Crippen molar-refractivity contribution in [2.24, 2.45) is 0 Å². The summed E-state index contributed by atoms with van der Waals surface area (Å²) in [5.41, 5.74) is 1.80. The largest absolute Gasteiger partial charge is 0.497 e. The van der Waals surface area contributed by atoms with E-state index in [1.807, 2.05) is 12.1 Å². The van der Waals surface area contributed by atoms with Gasteiger partial charge >= 0.3 is 0 Å². The Kier molecular flexibility index (Phi) is 5.57. The molecule has 0 aliphatic heterocycles. The number of aromatic nitrogens is 2. The predicted molar refractivity (Wildman–Crippen MR) is 101 cm³/mol. The fourth-order valence-corrected chi connectivity index (χ4v) is 3.42. The van der Waals surface area contributed by atoms with E-state index in [-0.39, 0.29) is 17.3 Å². The maximum Gasteiger partial charge on any atom is 0.247 e. The van der Waals surface area contributed by atoms with Gasteiger partial charge in [-0.05, 0) is 47.9 Å². The monoisotopic (exact) mass is 387 g/mol. The van der Waals surface area contributed by atoms with Crippen LogP contribution in [0.3, 0.4) is 0 Å². The highest BCUT2D eigenvalue weighted by Crippen LogP contribution is 2.21. The van der Waals surface area contributed by atoms with Crippen LogP contribution < -0.4 is 9.46 Å². The second-order valence-corrected chi connectivity index (χ2v) is 8.04. The third-order valence-corrected chi connectivity index (χ3v) is 5.49. The summed E-state index contributed by atoms with van der Waals surface area (Å²) in [7, 11) is -2.07. The van der Waals surface area contributed by atoms with Crippen LogP contribution in [-0.2, 0) is 16.6 Å². The molecule has 0 amide bonds. The summed E-state index contributed by atoms with van der Waals surface area (Å²) in [6.45, 7) is 4.02. The lowest BCUT2D eigenvalue weighted by Gasteiger charge is -2.08. The van der Waals surface area contributed by atoms with Gasteiger partial charge in [-0.25, -0.2) is 13.1 Å². The summed E-state index contributed by atoms with van der Waals surface area (Å²) in [6.07, 6.45) is 0. The number of ether oxygens (including phenoxy) is 1. The molecule has 3 aromatic rings. The second-order valence-electron chi connectivity index (χ2n) is 6.28. The minimum absolute atomic E-state index is 0.0859. The molecule has 0 radical (unpaired) electrons. The van der Waals surface area contributed by atoms with Gasteiger partial charge in [0.1, 0.15) is 5.75 Å². The summed E-state index contributed by atoms with van der Waals surface area (Å²) in [5.74, 6) is 1.55. The van der Waals surface area contributed by atoms with Crippen molar-refractivity contribution in [1.29, 1.82) is 0 Å². The van der Waals surface area contributed by atoms with Crippen LogP contribution >= 0.6 is 0 Å². The first-order chi connectivity index (χ1) is 12.9. The van der Waals surface area contributed by atoms with Crippen LogP contribution in [0.5, 0.6) is 5.75 Å². The van der Waals surface area contributed by atoms with Gasteiger partial charge in [-0.2, -0.15) is 0 Å². The van der Waals surface area contributed by atoms with Crippen LogP contribution in [0.25, 0.3) is 11.5 Å². The number of methoxy groups -OCH3 is 1. The molecule has 1 heterocycles. The standard InChI is InChI=1S/C19H21N3O4S/c1-13(2)14-6-10-17(11-7-14)27(23,24)20-12-18-21-22-19(26-18)15-4-8-16(25-3)9-5-15/h4-11,13,20H,12H2,1-3H3. The van der Waals surface area contributed by atoms with Crippen molar-refractivity contribution in [2.75, 3.05) is 7.11 Å². The molecule has 0 atom stereocenters. The average Bonchev–Trinajstić information content (AvgIpc) is 3.16. The first kappa shape index (κ1) is 19.1. The highest BCUT2D eigenvalue weighted by atomic mass is 32.2. The quantitative estimate of drug-likeness (QED) is 0.668. The summed E-state index contributed by atoms with van der Waals surface area (Å²) in [4.78, 5) is 0.196. The molecule has 0 aliphatic rings. The SMILES string of the molecule is COc1ccc(-c2nnc(CNS(=O)(=O)c3ccc(C(C)C)cc3)o2)cc1. The molecule has 8 heteroatoms. The molecule has 3 rings (SSSR count). The minimum atomic E-state index is -3.66. The first-order valence-corrected chi connectivity index (χ1v) is 9.94. The highest BCUT2D eigenvalue weighted by Gasteiger charge is 2.16. The molecular weight excluding hydrogens is 366 g/mol. The maximum atomic E-state index is 12.4. The first-order valence-electron chi connectivity index (χ1n) is 8.45. The van der Waals surface area contributed by atoms with Gasteiger partial charge in [0.15, 0.2) is 0 Å². The van der Waals surface area contributed by atoms with E-state index >= 15 is 0 Å². The summed E-state index contributed by atoms with van der Waals surface area (Å²) >= 11 is 0. The van der Waals surface area contributed by atoms with Crippen molar-refractivity contribution >= 4 is 10.0 Å². The predicted octanol–water partition coefficient (Wildman–Crippen LogP) is 3.35. The average molecular weight is 387 g/mol. The van der Waals surface area contributed by atoms with Gasteiger partial charge in [-0.3, -0.25) is 0 Å². The second kappa shape index (κ2) is 7.89. The smallest absolute Gasteiger partial charge is 0.247 e. The lowest BCUT2D eigenvalue weighted by molar-refractivity contribution is 0.415. The van der Waals surface area contributed by atoms with Gasteiger partial charge in [-0.15, -0.1) is 10.2 Å². The number of nitrogens with zero attached hydrogens (tertiary/aromatic N) is 2. The maximum absolute atomic E-state index is 12.4. The minimum Gasteiger partial charge on any atom is -0.497 e. The topological polar surface area (TPSA) is 94.3 Å². The van der Waals surface area contributed by atoms with E-state index in [1.54, 1.807) is 43.5 Å². The van der Waals surface area contributed by atoms with Gasteiger partial charge in [0, 0.05) is 5.56 Å². The van der Waals surface area contributed by atoms with Crippen LogP contribution in [0.2, 0.25) is 0 Å². The van der Waals surface area contributed by atoms with Crippen molar-refractivity contribution in [3.63, 3.8) is 0 Å². The van der Waals surface area contributed by atoms with E-state index in [2.05, 4.69) is 28.8 Å². The van der Waals surface area contributed by atoms with Crippen molar-refractivity contribution < 1.29 is 17.6 Å². The molecule has 1 aromatic heterocycles. The van der Waals surface area contributed by atoms with Crippen LogP contribution in [0.1, 0.15) is 31.2 Å². The van der Waals surface area contributed by atoms with Crippen LogP contribution in [-0.4, -0.2) is 25.7 Å². The summed E-state index contributed by atoms with van der Waals surface area (Å²) < 4.78 is 38.0. The number of sulfonamides is 1. The lowest BCUT2D eigenvalue weighted by Crippen LogP contribution is -2.23. The molecule has 0 unspecified atom stereocenters. The zero-order valence-electron chi connectivity index (χ0n) is 15.3. The Morgan fingerprint density at radius 1 is 1.04 bits per heavy atom. The number of benzene rings is 2. The molecule has 2 aromatic carbocycles. The molecule has 1 N–H and O–H groups in total. The number of hydrogen-bond acceptors (Lipinski definition) is 6. The fraction of sp³-hybridized carbons (Fsp3) is 0.263. The van der Waals surface area contributed by atoms with Crippen LogP contribution in [0.15, 0.2) is 57.8 Å². The Hall–Kier alpha value is -2.71. The Balaban J connectivity index is 1.68. The number of hydrogen-bond donors (Lipinski definition) is 1. The van der Waals surface area contributed by atoms with Crippen LogP contribution in [0, 0.1) is 0 Å². The summed E-state index contributed by atoms with van der Waals surface area (Å²) in [5, 5.41) is 7.85. The molecule has 0 bridgehead atoms. The zero-order chi connectivity index (χ0) is 19.4. The lowest BCUT2D eigenvalue weighted by atomic mass is 10.0. The van der Waals surface area contributed by atoms with Crippen molar-refractivity contribution in [1.82, 2.24) is 14.9 Å². The Bertz CT molecular complexity index is 994. The van der Waals surface area contributed by atoms with E-state index in [0.29, 0.717) is 11.8 Å². The molecule has 0 aliphatic carbocycles. The third kappa shape index (κ3) is 4.53. The van der Waals surface area contributed by atoms with E-state index in [0.717, 1.165) is 16.9 Å². The summed E-state index contributed by atoms with van der Waals surface area (Å²) in [6, 6.07) is 13.9. The molecule has 142 valence electrons. The van der Waals surface area contributed by atoms with E-state index in [1.165, 1.54) is 0 Å². The Labute approximate surface area is 158 Å². The van der Waals surface area contributed by atoms with Gasteiger partial charge < -0.3 is 9.15 Å². The van der Waals surface area contributed by atoms with Gasteiger partial charge in [0.05, 0.1) is 18.6 Å². The van der Waals surface area contributed by atoms with Crippen molar-refractivity contribution in [2.45, 2.75) is 31.2 Å². The van der Waals surface area contributed by atoms with Crippen molar-refractivity contribution in [3.8, 4) is 17.2 Å². The third-order valence-electron chi connectivity index (χ3n) is 4.07. The van der Waals surface area contributed by atoms with E-state index < -0.39 is 10.0 Å². The Morgan fingerprint density at radius 2 is 1.70 bits per heavy atom. The molecular formula is C19H21N3O4S. The molecule has 0 saturated heterocycles. The normalized spacial score (nSPS) is 11.7. The fourth-order valence-electron chi connectivity index (χ4n) is 2.45. The van der Waals surface area contributed by atoms with Gasteiger partial charge in [0.2, 0.25) is 21.8 Å². The molecule has 27 heavy (non-hydrogen) atoms. The Morgan fingerprint density at radius 3 is 2.30 bits per heavy atom. The van der Waals surface area contributed by atoms with Crippen molar-refractivity contribution in [3.05, 3.63) is 60.0 Å². The van der Waals surface area contributed by atoms with Gasteiger partial charge in [0.25, 0.3) is 0 Å². The number of rotatable bonds is 7. The number of nitrogens with one attached hydrogen (secondary N) is 1. The molecule has 0 saturated carbocycles.